The molecule has 2 saturated heterocycles. The average Bonchev–Trinajstić information content (AvgIpc) is 3.16. The Morgan fingerprint density at radius 2 is 1.47 bits per heavy atom. The van der Waals surface area contributed by atoms with Gasteiger partial charge < -0.3 is 39.7 Å². The van der Waals surface area contributed by atoms with Crippen LogP contribution in [-0.2, 0) is 33.4 Å². The number of carbonyl (C=O) groups is 4. The van der Waals surface area contributed by atoms with E-state index in [2.05, 4.69) is 13.0 Å². The van der Waals surface area contributed by atoms with Crippen LogP contribution in [0.25, 0.3) is 0 Å². The topological polar surface area (TPSA) is 197 Å². The molecule has 0 radical (unpaired) electrons. The van der Waals surface area contributed by atoms with Crippen LogP contribution >= 0.6 is 0 Å². The first kappa shape index (κ1) is 48.8. The van der Waals surface area contributed by atoms with Crippen molar-refractivity contribution in [3.63, 3.8) is 0 Å². The van der Waals surface area contributed by atoms with Crippen LogP contribution in [0.4, 0.5) is 0 Å². The Morgan fingerprint density at radius 3 is 2.09 bits per heavy atom. The second-order valence-electron chi connectivity index (χ2n) is 17.9. The van der Waals surface area contributed by atoms with Gasteiger partial charge in [-0.1, -0.05) is 92.7 Å². The SMILES string of the molecule is CC[C@H]1/C=C/C=C/C[C@@H](C)[C@H](O)[C@](C)(O)C(=O)[C@@H](C)[C@@H](O)[C@@H](C)C(=O)[C@@H](C)[C@H](O)[C@H](C)/C=C/C(=O)O[C@H]2[C@@H](C)[C@@H](CC1)O[C@]1(O[C@H](C[C@H](C)O)[C@H](C)CC1=O)[C@@H]2C. The summed E-state index contributed by atoms with van der Waals surface area (Å²) in [4.78, 5) is 54.5. The zero-order chi connectivity index (χ0) is 43.2. The van der Waals surface area contributed by atoms with E-state index >= 15 is 0 Å². The molecule has 1 spiro atoms. The predicted octanol–water partition coefficient (Wildman–Crippen LogP) is 5.06. The Bertz CT molecular complexity index is 1470. The quantitative estimate of drug-likeness (QED) is 0.238. The van der Waals surface area contributed by atoms with Crippen LogP contribution < -0.4 is 0 Å². The fourth-order valence-electron chi connectivity index (χ4n) is 8.91. The van der Waals surface area contributed by atoms with Crippen LogP contribution in [0, 0.1) is 53.3 Å². The average molecular weight is 805 g/mol. The summed E-state index contributed by atoms with van der Waals surface area (Å²) in [6.45, 7) is 18.3. The number of Topliss-reactive ketones (excluding diaryl/α,β-unsaturated/α-hetero) is 3. The number of aliphatic hydroxyl groups excluding tert-OH is 4. The van der Waals surface area contributed by atoms with Crippen LogP contribution in [0.3, 0.4) is 0 Å². The number of hydrogen-bond donors (Lipinski definition) is 5. The lowest BCUT2D eigenvalue weighted by atomic mass is 9.74. The molecule has 3 aliphatic heterocycles. The van der Waals surface area contributed by atoms with Gasteiger partial charge >= 0.3 is 5.97 Å². The van der Waals surface area contributed by atoms with Gasteiger partial charge in [0, 0.05) is 42.1 Å². The summed E-state index contributed by atoms with van der Waals surface area (Å²) in [5.41, 5.74) is -2.21. The minimum atomic E-state index is -2.21. The van der Waals surface area contributed by atoms with Gasteiger partial charge in [0.15, 0.2) is 11.6 Å². The molecule has 12 nitrogen and oxygen atoms in total. The third-order valence-electron chi connectivity index (χ3n) is 13.2. The molecule has 3 aliphatic rings. The van der Waals surface area contributed by atoms with Crippen molar-refractivity contribution in [2.75, 3.05) is 0 Å². The van der Waals surface area contributed by atoms with Gasteiger partial charge in [-0.2, -0.15) is 0 Å². The summed E-state index contributed by atoms with van der Waals surface area (Å²) in [6, 6.07) is 0. The Hall–Kier alpha value is -2.58. The van der Waals surface area contributed by atoms with Crippen LogP contribution in [-0.4, -0.2) is 103 Å². The second-order valence-corrected chi connectivity index (χ2v) is 17.9. The molecule has 0 aromatic rings. The van der Waals surface area contributed by atoms with Gasteiger partial charge in [-0.15, -0.1) is 0 Å². The minimum Gasteiger partial charge on any atom is -0.458 e. The summed E-state index contributed by atoms with van der Waals surface area (Å²) in [6.07, 6.45) is 6.53. The lowest BCUT2D eigenvalue weighted by Crippen LogP contribution is -2.66. The number of aliphatic hydroxyl groups is 5. The van der Waals surface area contributed by atoms with Crippen molar-refractivity contribution in [1.29, 1.82) is 0 Å². The molecule has 3 rings (SSSR count). The van der Waals surface area contributed by atoms with E-state index in [1.54, 1.807) is 27.7 Å². The number of ketones is 3. The molecule has 0 unspecified atom stereocenters. The first-order valence-electron chi connectivity index (χ1n) is 21.1. The number of hydrogen-bond acceptors (Lipinski definition) is 12. The monoisotopic (exact) mass is 805 g/mol. The molecular formula is C45H72O12. The summed E-state index contributed by atoms with van der Waals surface area (Å²) in [5.74, 6) is -9.55. The Balaban J connectivity index is 2.02. The second kappa shape index (κ2) is 20.6. The fourth-order valence-corrected chi connectivity index (χ4v) is 8.91. The summed E-state index contributed by atoms with van der Waals surface area (Å²) in [5, 5.41) is 55.0. The standard InChI is InChI=1S/C45H72O12/c1-12-33-17-15-13-14-16-25(3)42(52)44(11,54)43(53)31(9)40(51)30(8)39(50)29(7)38(49)24(2)18-21-37(48)55-41-28(6)34(20-19-33)56-45(32(41)10)36(47)22-26(4)35(57-45)23-27(5)46/h13-15,17-18,21,24-35,38,40-42,46,49,51-52,54H,12,16,19-20,22-23H2,1-11H3/b14-13+,17-15+,21-18+/t24-,25-,26-,27+,28+,29+,30+,31+,32-,33+,34-,35-,38-,40+,41+,42+,44+,45+/m1/s1. The highest BCUT2D eigenvalue weighted by Crippen LogP contribution is 2.47. The van der Waals surface area contributed by atoms with Gasteiger partial charge in [0.1, 0.15) is 17.5 Å². The Morgan fingerprint density at radius 1 is 0.842 bits per heavy atom. The van der Waals surface area contributed by atoms with Crippen LogP contribution in [0.5, 0.6) is 0 Å². The normalized spacial score (nSPS) is 46.2. The maximum absolute atomic E-state index is 14.0. The maximum Gasteiger partial charge on any atom is 0.330 e. The molecule has 57 heavy (non-hydrogen) atoms. The molecule has 2 fully saturated rings. The van der Waals surface area contributed by atoms with E-state index in [-0.39, 0.29) is 30.0 Å². The largest absolute Gasteiger partial charge is 0.458 e. The van der Waals surface area contributed by atoms with E-state index in [9.17, 15) is 44.7 Å². The molecule has 12 heteroatoms. The zero-order valence-corrected chi connectivity index (χ0v) is 36.0. The lowest BCUT2D eigenvalue weighted by Gasteiger charge is -2.54. The number of fused-ring (bicyclic) bond motifs is 2. The van der Waals surface area contributed by atoms with E-state index in [1.165, 1.54) is 39.8 Å². The third-order valence-corrected chi connectivity index (χ3v) is 13.2. The van der Waals surface area contributed by atoms with Crippen molar-refractivity contribution < 1.29 is 58.9 Å². The molecule has 0 aliphatic carbocycles. The van der Waals surface area contributed by atoms with Crippen LogP contribution in [0.1, 0.15) is 115 Å². The molecule has 5 N–H and O–H groups in total. The highest BCUT2D eigenvalue weighted by atomic mass is 16.7. The molecule has 0 saturated carbocycles. The van der Waals surface area contributed by atoms with E-state index < -0.39 is 107 Å². The molecule has 0 amide bonds. The maximum atomic E-state index is 14.0. The molecule has 0 aromatic heterocycles. The minimum absolute atomic E-state index is 0.132. The molecular weight excluding hydrogens is 732 g/mol. The van der Waals surface area contributed by atoms with Crippen LogP contribution in [0.2, 0.25) is 0 Å². The van der Waals surface area contributed by atoms with Crippen molar-refractivity contribution in [2.24, 2.45) is 53.3 Å². The first-order chi connectivity index (χ1) is 26.5. The van der Waals surface area contributed by atoms with E-state index in [4.69, 9.17) is 14.2 Å². The van der Waals surface area contributed by atoms with Crippen molar-refractivity contribution in [1.82, 2.24) is 0 Å². The Labute approximate surface area is 340 Å². The van der Waals surface area contributed by atoms with E-state index in [1.807, 2.05) is 32.1 Å². The van der Waals surface area contributed by atoms with Crippen molar-refractivity contribution in [3.8, 4) is 0 Å². The highest BCUT2D eigenvalue weighted by Gasteiger charge is 2.61. The van der Waals surface area contributed by atoms with Crippen LogP contribution in [0.15, 0.2) is 36.5 Å². The zero-order valence-electron chi connectivity index (χ0n) is 36.0. The van der Waals surface area contributed by atoms with E-state index in [0.717, 1.165) is 6.42 Å². The van der Waals surface area contributed by atoms with Crippen molar-refractivity contribution in [2.45, 2.75) is 169 Å². The molecule has 324 valence electrons. The summed E-state index contributed by atoms with van der Waals surface area (Å²) in [7, 11) is 0. The van der Waals surface area contributed by atoms with E-state index in [0.29, 0.717) is 25.7 Å². The molecule has 3 heterocycles. The van der Waals surface area contributed by atoms with Gasteiger partial charge in [0.05, 0.1) is 42.5 Å². The lowest BCUT2D eigenvalue weighted by molar-refractivity contribution is -0.344. The van der Waals surface area contributed by atoms with Gasteiger partial charge in [0.2, 0.25) is 5.79 Å². The van der Waals surface area contributed by atoms with Gasteiger partial charge in [-0.25, -0.2) is 4.79 Å². The smallest absolute Gasteiger partial charge is 0.330 e. The summed E-state index contributed by atoms with van der Waals surface area (Å²) < 4.78 is 19.4. The fraction of sp³-hybridized carbons (Fsp3) is 0.778. The number of ether oxygens (including phenoxy) is 3. The highest BCUT2D eigenvalue weighted by molar-refractivity contribution is 5.91. The molecule has 0 aromatic carbocycles. The van der Waals surface area contributed by atoms with Gasteiger partial charge in [-0.05, 0) is 63.7 Å². The molecule has 18 atom stereocenters. The van der Waals surface area contributed by atoms with Gasteiger partial charge in [-0.3, -0.25) is 14.4 Å². The number of allylic oxidation sites excluding steroid dienone is 4. The van der Waals surface area contributed by atoms with Gasteiger partial charge in [0.25, 0.3) is 0 Å². The van der Waals surface area contributed by atoms with Crippen molar-refractivity contribution in [3.05, 3.63) is 36.5 Å². The number of rotatable bonds is 3. The predicted molar refractivity (Wildman–Crippen MR) is 215 cm³/mol. The Kier molecular flexibility index (Phi) is 17.6. The first-order valence-corrected chi connectivity index (χ1v) is 21.1. The molecule has 2 bridgehead atoms. The third kappa shape index (κ3) is 11.4. The van der Waals surface area contributed by atoms with Crippen molar-refractivity contribution >= 4 is 23.3 Å². The number of carbonyl (C=O) groups excluding carboxylic acids is 4. The summed E-state index contributed by atoms with van der Waals surface area (Å²) >= 11 is 0. The number of esters is 1.